The quantitative estimate of drug-likeness (QED) is 0.920. The number of methoxy groups -OCH3 is 1. The monoisotopic (exact) mass is 278 g/mol. The minimum Gasteiger partial charge on any atom is -0.493 e. The Balaban J connectivity index is 2.31. The van der Waals surface area contributed by atoms with Crippen LogP contribution in [0.4, 0.5) is 0 Å². The number of ether oxygens (including phenoxy) is 2. The summed E-state index contributed by atoms with van der Waals surface area (Å²) in [7, 11) is 1.60. The third-order valence-electron chi connectivity index (χ3n) is 2.72. The van der Waals surface area contributed by atoms with Gasteiger partial charge in [0.15, 0.2) is 11.5 Å². The topological polar surface area (TPSA) is 38.7 Å². The van der Waals surface area contributed by atoms with Gasteiger partial charge >= 0.3 is 0 Å². The Morgan fingerprint density at radius 2 is 1.79 bits per heavy atom. The van der Waals surface area contributed by atoms with Crippen LogP contribution in [0.2, 0.25) is 5.02 Å². The molecule has 100 valence electrons. The molecule has 0 saturated carbocycles. The van der Waals surface area contributed by atoms with Gasteiger partial charge in [-0.1, -0.05) is 23.7 Å². The fraction of sp³-hybridized carbons (Fsp3) is 0.200. The summed E-state index contributed by atoms with van der Waals surface area (Å²) in [5.41, 5.74) is 1.83. The molecule has 0 aromatic heterocycles. The lowest BCUT2D eigenvalue weighted by Gasteiger charge is -2.12. The Labute approximate surface area is 117 Å². The lowest BCUT2D eigenvalue weighted by molar-refractivity contribution is 0.281. The predicted octanol–water partition coefficient (Wildman–Crippen LogP) is 3.94. The Hall–Kier alpha value is -1.71. The van der Waals surface area contributed by atoms with Crippen molar-refractivity contribution >= 4 is 11.6 Å². The SMILES string of the molecule is COc1cc(C)ccc1Oc1ccc(CO)cc1Cl. The van der Waals surface area contributed by atoms with E-state index in [1.165, 1.54) is 0 Å². The van der Waals surface area contributed by atoms with Crippen LogP contribution < -0.4 is 9.47 Å². The maximum atomic E-state index is 9.04. The van der Waals surface area contributed by atoms with Gasteiger partial charge in [0.1, 0.15) is 5.75 Å². The van der Waals surface area contributed by atoms with Crippen molar-refractivity contribution in [3.8, 4) is 17.2 Å². The number of aryl methyl sites for hydroxylation is 1. The van der Waals surface area contributed by atoms with Gasteiger partial charge in [-0.25, -0.2) is 0 Å². The van der Waals surface area contributed by atoms with Crippen LogP contribution in [0.1, 0.15) is 11.1 Å². The fourth-order valence-corrected chi connectivity index (χ4v) is 1.94. The molecule has 0 amide bonds. The molecule has 0 atom stereocenters. The maximum absolute atomic E-state index is 9.04. The zero-order chi connectivity index (χ0) is 13.8. The molecule has 2 rings (SSSR count). The van der Waals surface area contributed by atoms with Crippen LogP contribution in [-0.2, 0) is 6.61 Å². The minimum absolute atomic E-state index is 0.0478. The van der Waals surface area contributed by atoms with Gasteiger partial charge in [-0.15, -0.1) is 0 Å². The number of rotatable bonds is 4. The van der Waals surface area contributed by atoms with Crippen LogP contribution >= 0.6 is 11.6 Å². The number of hydrogen-bond donors (Lipinski definition) is 1. The van der Waals surface area contributed by atoms with E-state index in [1.54, 1.807) is 25.3 Å². The molecule has 0 aliphatic rings. The fourth-order valence-electron chi connectivity index (χ4n) is 1.70. The summed E-state index contributed by atoms with van der Waals surface area (Å²) < 4.78 is 11.0. The van der Waals surface area contributed by atoms with E-state index in [-0.39, 0.29) is 6.61 Å². The second-order valence-corrected chi connectivity index (χ2v) is 4.59. The highest BCUT2D eigenvalue weighted by Gasteiger charge is 2.09. The van der Waals surface area contributed by atoms with Crippen LogP contribution in [0.5, 0.6) is 17.2 Å². The molecular formula is C15H15ClO3. The van der Waals surface area contributed by atoms with Gasteiger partial charge in [-0.2, -0.15) is 0 Å². The first kappa shape index (κ1) is 13.7. The van der Waals surface area contributed by atoms with Gasteiger partial charge in [-0.3, -0.25) is 0 Å². The van der Waals surface area contributed by atoms with Crippen molar-refractivity contribution in [1.29, 1.82) is 0 Å². The summed E-state index contributed by atoms with van der Waals surface area (Å²) in [6.07, 6.45) is 0. The standard InChI is InChI=1S/C15H15ClO3/c1-10-3-5-14(15(7-10)18-2)19-13-6-4-11(9-17)8-12(13)16/h3-8,17H,9H2,1-2H3. The van der Waals surface area contributed by atoms with E-state index in [4.69, 9.17) is 26.2 Å². The van der Waals surface area contributed by atoms with Crippen LogP contribution in [0.3, 0.4) is 0 Å². The van der Waals surface area contributed by atoms with Crippen molar-refractivity contribution in [2.75, 3.05) is 7.11 Å². The third kappa shape index (κ3) is 3.19. The summed E-state index contributed by atoms with van der Waals surface area (Å²) >= 11 is 6.11. The van der Waals surface area contributed by atoms with Crippen molar-refractivity contribution in [2.45, 2.75) is 13.5 Å². The first-order valence-electron chi connectivity index (χ1n) is 5.86. The second-order valence-electron chi connectivity index (χ2n) is 4.18. The van der Waals surface area contributed by atoms with E-state index >= 15 is 0 Å². The van der Waals surface area contributed by atoms with Crippen LogP contribution in [-0.4, -0.2) is 12.2 Å². The molecule has 0 heterocycles. The molecule has 1 N–H and O–H groups in total. The van der Waals surface area contributed by atoms with Crippen molar-refractivity contribution in [2.24, 2.45) is 0 Å². The zero-order valence-corrected chi connectivity index (χ0v) is 11.6. The van der Waals surface area contributed by atoms with Gasteiger partial charge in [0.25, 0.3) is 0 Å². The van der Waals surface area contributed by atoms with E-state index in [1.807, 2.05) is 25.1 Å². The summed E-state index contributed by atoms with van der Waals surface area (Å²) in [5.74, 6) is 1.79. The molecule has 3 nitrogen and oxygen atoms in total. The van der Waals surface area contributed by atoms with Crippen molar-refractivity contribution in [3.63, 3.8) is 0 Å². The zero-order valence-electron chi connectivity index (χ0n) is 10.8. The summed E-state index contributed by atoms with van der Waals surface area (Å²) in [6, 6.07) is 10.8. The first-order chi connectivity index (χ1) is 9.13. The number of aliphatic hydroxyl groups is 1. The third-order valence-corrected chi connectivity index (χ3v) is 3.01. The van der Waals surface area contributed by atoms with Crippen molar-refractivity contribution in [3.05, 3.63) is 52.5 Å². The van der Waals surface area contributed by atoms with E-state index in [9.17, 15) is 0 Å². The van der Waals surface area contributed by atoms with Crippen LogP contribution in [0.15, 0.2) is 36.4 Å². The average Bonchev–Trinajstić information content (AvgIpc) is 2.42. The molecule has 0 unspecified atom stereocenters. The summed E-state index contributed by atoms with van der Waals surface area (Å²) in [6.45, 7) is 1.93. The number of hydrogen-bond acceptors (Lipinski definition) is 3. The highest BCUT2D eigenvalue weighted by Crippen LogP contribution is 2.35. The van der Waals surface area contributed by atoms with Gasteiger partial charge in [0, 0.05) is 0 Å². The summed E-state index contributed by atoms with van der Waals surface area (Å²) in [4.78, 5) is 0. The van der Waals surface area contributed by atoms with Crippen molar-refractivity contribution in [1.82, 2.24) is 0 Å². The van der Waals surface area contributed by atoms with Crippen LogP contribution in [0, 0.1) is 6.92 Å². The Morgan fingerprint density at radius 1 is 1.05 bits per heavy atom. The molecule has 0 fully saturated rings. The number of benzene rings is 2. The predicted molar refractivity (Wildman–Crippen MR) is 75.2 cm³/mol. The van der Waals surface area contributed by atoms with E-state index in [2.05, 4.69) is 0 Å². The Bertz CT molecular complexity index is 582. The van der Waals surface area contributed by atoms with E-state index in [0.717, 1.165) is 11.1 Å². The van der Waals surface area contributed by atoms with E-state index < -0.39 is 0 Å². The highest BCUT2D eigenvalue weighted by atomic mass is 35.5. The van der Waals surface area contributed by atoms with Gasteiger partial charge in [-0.05, 0) is 42.3 Å². The molecule has 4 heteroatoms. The lowest BCUT2D eigenvalue weighted by atomic mass is 10.2. The first-order valence-corrected chi connectivity index (χ1v) is 6.23. The smallest absolute Gasteiger partial charge is 0.169 e. The molecule has 0 spiro atoms. The largest absolute Gasteiger partial charge is 0.493 e. The van der Waals surface area contributed by atoms with Gasteiger partial charge in [0.2, 0.25) is 0 Å². The Morgan fingerprint density at radius 3 is 2.42 bits per heavy atom. The Kier molecular flexibility index (Phi) is 4.30. The highest BCUT2D eigenvalue weighted by molar-refractivity contribution is 6.32. The molecule has 0 bridgehead atoms. The molecule has 2 aromatic rings. The van der Waals surface area contributed by atoms with E-state index in [0.29, 0.717) is 22.3 Å². The second kappa shape index (κ2) is 5.95. The molecule has 19 heavy (non-hydrogen) atoms. The normalized spacial score (nSPS) is 10.3. The molecule has 0 radical (unpaired) electrons. The number of aliphatic hydroxyl groups excluding tert-OH is 1. The minimum atomic E-state index is -0.0478. The molecule has 0 aliphatic heterocycles. The maximum Gasteiger partial charge on any atom is 0.169 e. The molecular weight excluding hydrogens is 264 g/mol. The number of halogens is 1. The van der Waals surface area contributed by atoms with Crippen LogP contribution in [0.25, 0.3) is 0 Å². The van der Waals surface area contributed by atoms with Gasteiger partial charge < -0.3 is 14.6 Å². The van der Waals surface area contributed by atoms with Gasteiger partial charge in [0.05, 0.1) is 18.7 Å². The molecule has 2 aromatic carbocycles. The summed E-state index contributed by atoms with van der Waals surface area (Å²) in [5, 5.41) is 9.49. The average molecular weight is 279 g/mol. The lowest BCUT2D eigenvalue weighted by Crippen LogP contribution is -1.92. The molecule has 0 saturated heterocycles. The van der Waals surface area contributed by atoms with Crippen molar-refractivity contribution < 1.29 is 14.6 Å². The molecule has 0 aliphatic carbocycles.